The number of aromatic nitrogens is 1. The van der Waals surface area contributed by atoms with Gasteiger partial charge < -0.3 is 15.5 Å². The number of aryl methyl sites for hydroxylation is 2. The van der Waals surface area contributed by atoms with Crippen LogP contribution in [0.2, 0.25) is 5.02 Å². The zero-order valence-electron chi connectivity index (χ0n) is 14.7. The van der Waals surface area contributed by atoms with Crippen LogP contribution in [-0.4, -0.2) is 16.8 Å². The van der Waals surface area contributed by atoms with E-state index in [-0.39, 0.29) is 22.9 Å². The van der Waals surface area contributed by atoms with E-state index >= 15 is 0 Å². The summed E-state index contributed by atoms with van der Waals surface area (Å²) < 4.78 is 5.71. The Morgan fingerprint density at radius 3 is 2.59 bits per heavy atom. The average Bonchev–Trinajstić information content (AvgIpc) is 3.09. The maximum Gasteiger partial charge on any atom is 0.250 e. The number of primary amides is 1. The highest BCUT2D eigenvalue weighted by molar-refractivity contribution is 6.34. The molecule has 0 aliphatic heterocycles. The van der Waals surface area contributed by atoms with Crippen LogP contribution >= 0.6 is 11.6 Å². The summed E-state index contributed by atoms with van der Waals surface area (Å²) in [7, 11) is 0. The molecule has 3 N–H and O–H groups in total. The predicted octanol–water partition coefficient (Wildman–Crippen LogP) is 3.97. The van der Waals surface area contributed by atoms with Gasteiger partial charge in [0.15, 0.2) is 11.7 Å². The first-order chi connectivity index (χ1) is 12.9. The van der Waals surface area contributed by atoms with Crippen LogP contribution in [0.1, 0.15) is 28.2 Å². The Bertz CT molecular complexity index is 980. The number of nitrogens with two attached hydrogens (primary N) is 1. The first kappa shape index (κ1) is 18.7. The largest absolute Gasteiger partial charge is 0.441 e. The van der Waals surface area contributed by atoms with Gasteiger partial charge in [-0.2, -0.15) is 0 Å². The normalized spacial score (nSPS) is 10.6. The lowest BCUT2D eigenvalue weighted by atomic mass is 10.1. The maximum atomic E-state index is 12.1. The number of anilines is 1. The van der Waals surface area contributed by atoms with Crippen molar-refractivity contribution in [3.63, 3.8) is 0 Å². The van der Waals surface area contributed by atoms with Gasteiger partial charge in [0.25, 0.3) is 0 Å². The van der Waals surface area contributed by atoms with Crippen LogP contribution in [-0.2, 0) is 11.2 Å². The van der Waals surface area contributed by atoms with E-state index in [1.54, 1.807) is 12.3 Å². The Morgan fingerprint density at radius 2 is 1.93 bits per heavy atom. The molecule has 0 radical (unpaired) electrons. The highest BCUT2D eigenvalue weighted by atomic mass is 35.5. The van der Waals surface area contributed by atoms with Crippen molar-refractivity contribution in [2.75, 3.05) is 5.32 Å². The Hall–Kier alpha value is -3.12. The fourth-order valence-electron chi connectivity index (χ4n) is 2.51. The summed E-state index contributed by atoms with van der Waals surface area (Å²) in [5.74, 6) is 0.321. The Kier molecular flexibility index (Phi) is 5.57. The summed E-state index contributed by atoms with van der Waals surface area (Å²) in [6.45, 7) is 2.02. The predicted molar refractivity (Wildman–Crippen MR) is 104 cm³/mol. The second kappa shape index (κ2) is 8.05. The van der Waals surface area contributed by atoms with E-state index in [1.807, 2.05) is 31.2 Å². The van der Waals surface area contributed by atoms with Crippen LogP contribution in [0.5, 0.6) is 0 Å². The third-order valence-electron chi connectivity index (χ3n) is 3.97. The summed E-state index contributed by atoms with van der Waals surface area (Å²) in [5, 5.41) is 2.91. The van der Waals surface area contributed by atoms with Gasteiger partial charge in [0.05, 0.1) is 16.8 Å². The van der Waals surface area contributed by atoms with Gasteiger partial charge >= 0.3 is 0 Å². The third-order valence-corrected chi connectivity index (χ3v) is 4.29. The minimum atomic E-state index is -0.619. The molecule has 27 heavy (non-hydrogen) atoms. The van der Waals surface area contributed by atoms with Crippen molar-refractivity contribution in [1.29, 1.82) is 0 Å². The molecule has 6 nitrogen and oxygen atoms in total. The molecule has 0 saturated heterocycles. The van der Waals surface area contributed by atoms with Crippen molar-refractivity contribution in [3.8, 4) is 11.3 Å². The van der Waals surface area contributed by atoms with Gasteiger partial charge in [-0.25, -0.2) is 4.98 Å². The molecule has 2 amide bonds. The van der Waals surface area contributed by atoms with Gasteiger partial charge in [0, 0.05) is 24.1 Å². The highest BCUT2D eigenvalue weighted by Crippen LogP contribution is 2.22. The lowest BCUT2D eigenvalue weighted by molar-refractivity contribution is -0.116. The standard InChI is InChI=1S/C20H18ClN3O3/c1-12-2-4-13(5-3-12)17-11-23-19(27-17)9-8-18(25)24-14-6-7-15(20(22)26)16(21)10-14/h2-7,10-11H,8-9H2,1H3,(H2,22,26)(H,24,25). The molecule has 0 saturated carbocycles. The average molecular weight is 384 g/mol. The van der Waals surface area contributed by atoms with Gasteiger partial charge in [0.2, 0.25) is 11.8 Å². The molecule has 1 aromatic heterocycles. The van der Waals surface area contributed by atoms with Crippen molar-refractivity contribution >= 4 is 29.1 Å². The van der Waals surface area contributed by atoms with E-state index in [1.165, 1.54) is 17.7 Å². The molecule has 0 aliphatic rings. The molecular weight excluding hydrogens is 366 g/mol. The molecule has 0 atom stereocenters. The van der Waals surface area contributed by atoms with Crippen LogP contribution in [0.25, 0.3) is 11.3 Å². The van der Waals surface area contributed by atoms with Crippen LogP contribution in [0.15, 0.2) is 53.1 Å². The summed E-state index contributed by atoms with van der Waals surface area (Å²) >= 11 is 5.97. The minimum absolute atomic E-state index is 0.191. The van der Waals surface area contributed by atoms with E-state index in [0.29, 0.717) is 23.8 Å². The molecule has 2 aromatic carbocycles. The number of rotatable bonds is 6. The van der Waals surface area contributed by atoms with Gasteiger partial charge in [-0.15, -0.1) is 0 Å². The number of hydrogen-bond acceptors (Lipinski definition) is 4. The lowest BCUT2D eigenvalue weighted by Gasteiger charge is -2.06. The number of amides is 2. The number of benzene rings is 2. The highest BCUT2D eigenvalue weighted by Gasteiger charge is 2.11. The van der Waals surface area contributed by atoms with Crippen LogP contribution in [0.3, 0.4) is 0 Å². The molecule has 7 heteroatoms. The van der Waals surface area contributed by atoms with Crippen LogP contribution < -0.4 is 11.1 Å². The van der Waals surface area contributed by atoms with Crippen molar-refractivity contribution in [2.45, 2.75) is 19.8 Å². The topological polar surface area (TPSA) is 98.2 Å². The summed E-state index contributed by atoms with van der Waals surface area (Å²) in [4.78, 5) is 27.5. The first-order valence-corrected chi connectivity index (χ1v) is 8.71. The lowest BCUT2D eigenvalue weighted by Crippen LogP contribution is -2.14. The monoisotopic (exact) mass is 383 g/mol. The van der Waals surface area contributed by atoms with E-state index < -0.39 is 5.91 Å². The van der Waals surface area contributed by atoms with E-state index in [2.05, 4.69) is 10.3 Å². The third kappa shape index (κ3) is 4.74. The molecule has 0 aliphatic carbocycles. The van der Waals surface area contributed by atoms with E-state index in [9.17, 15) is 9.59 Å². The fourth-order valence-corrected chi connectivity index (χ4v) is 2.79. The molecule has 3 rings (SSSR count). The summed E-state index contributed by atoms with van der Waals surface area (Å²) in [5.41, 5.74) is 8.00. The van der Waals surface area contributed by atoms with E-state index in [4.69, 9.17) is 21.8 Å². The number of carbonyl (C=O) groups excluding carboxylic acids is 2. The molecule has 0 fully saturated rings. The molecule has 138 valence electrons. The van der Waals surface area contributed by atoms with Gasteiger partial charge in [-0.3, -0.25) is 9.59 Å². The number of nitrogens with one attached hydrogen (secondary N) is 1. The molecule has 3 aromatic rings. The zero-order valence-corrected chi connectivity index (χ0v) is 15.4. The van der Waals surface area contributed by atoms with Crippen molar-refractivity contribution < 1.29 is 14.0 Å². The number of halogens is 1. The van der Waals surface area contributed by atoms with Gasteiger partial charge in [-0.05, 0) is 25.1 Å². The molecule has 1 heterocycles. The summed E-state index contributed by atoms with van der Waals surface area (Å²) in [6, 6.07) is 12.5. The zero-order chi connectivity index (χ0) is 19.4. The number of carbonyl (C=O) groups is 2. The van der Waals surface area contributed by atoms with E-state index in [0.717, 1.165) is 5.56 Å². The number of oxazole rings is 1. The molecule has 0 unspecified atom stereocenters. The molecule has 0 bridgehead atoms. The second-order valence-corrected chi connectivity index (χ2v) is 6.50. The Balaban J connectivity index is 1.57. The maximum absolute atomic E-state index is 12.1. The second-order valence-electron chi connectivity index (χ2n) is 6.09. The SMILES string of the molecule is Cc1ccc(-c2cnc(CCC(=O)Nc3ccc(C(N)=O)c(Cl)c3)o2)cc1. The Morgan fingerprint density at radius 1 is 1.19 bits per heavy atom. The van der Waals surface area contributed by atoms with Crippen molar-refractivity contribution in [3.05, 3.63) is 70.7 Å². The Labute approximate surface area is 161 Å². The quantitative estimate of drug-likeness (QED) is 0.672. The van der Waals surface area contributed by atoms with Gasteiger partial charge in [0.1, 0.15) is 0 Å². The summed E-state index contributed by atoms with van der Waals surface area (Å²) in [6.07, 6.45) is 2.22. The fraction of sp³-hybridized carbons (Fsp3) is 0.150. The molecule has 0 spiro atoms. The smallest absolute Gasteiger partial charge is 0.250 e. The van der Waals surface area contributed by atoms with Gasteiger partial charge in [-0.1, -0.05) is 41.4 Å². The number of nitrogens with zero attached hydrogens (tertiary/aromatic N) is 1. The molecular formula is C20H18ClN3O3. The van der Waals surface area contributed by atoms with Crippen LogP contribution in [0, 0.1) is 6.92 Å². The van der Waals surface area contributed by atoms with Crippen LogP contribution in [0.4, 0.5) is 5.69 Å². The minimum Gasteiger partial charge on any atom is -0.441 e. The first-order valence-electron chi connectivity index (χ1n) is 8.33. The number of hydrogen-bond donors (Lipinski definition) is 2. The van der Waals surface area contributed by atoms with Crippen molar-refractivity contribution in [1.82, 2.24) is 4.98 Å². The van der Waals surface area contributed by atoms with Crippen molar-refractivity contribution in [2.24, 2.45) is 5.73 Å².